The fourth-order valence-electron chi connectivity index (χ4n) is 1.35. The second-order valence-corrected chi connectivity index (χ2v) is 4.96. The molecule has 90 valence electrons. The summed E-state index contributed by atoms with van der Waals surface area (Å²) in [6, 6.07) is 2.05. The lowest BCUT2D eigenvalue weighted by atomic mass is 9.98. The summed E-state index contributed by atoms with van der Waals surface area (Å²) in [5.41, 5.74) is 0.104. The fraction of sp³-hybridized carbons (Fsp3) is 0.400. The Bertz CT molecular complexity index is 497. The van der Waals surface area contributed by atoms with Crippen LogP contribution < -0.4 is 0 Å². The number of rotatable bonds is 3. The van der Waals surface area contributed by atoms with Gasteiger partial charge in [-0.1, -0.05) is 19.9 Å². The van der Waals surface area contributed by atoms with Gasteiger partial charge in [0.25, 0.3) is 10.1 Å². The van der Waals surface area contributed by atoms with E-state index in [4.69, 9.17) is 4.55 Å². The Morgan fingerprint density at radius 3 is 2.31 bits per heavy atom. The van der Waals surface area contributed by atoms with E-state index in [2.05, 4.69) is 0 Å². The molecule has 0 spiro atoms. The summed E-state index contributed by atoms with van der Waals surface area (Å²) in [5, 5.41) is 0. The minimum Gasteiger partial charge on any atom is -0.282 e. The van der Waals surface area contributed by atoms with E-state index in [0.717, 1.165) is 6.07 Å². The van der Waals surface area contributed by atoms with Crippen molar-refractivity contribution >= 4 is 10.1 Å². The topological polar surface area (TPSA) is 54.4 Å². The van der Waals surface area contributed by atoms with Gasteiger partial charge in [0.15, 0.2) is 11.6 Å². The zero-order chi connectivity index (χ0) is 12.5. The van der Waals surface area contributed by atoms with Crippen LogP contribution in [0.1, 0.15) is 31.7 Å². The third-order valence-electron chi connectivity index (χ3n) is 2.50. The molecule has 0 heterocycles. The number of benzene rings is 1. The molecule has 1 rings (SSSR count). The second-order valence-electron chi connectivity index (χ2n) is 3.57. The van der Waals surface area contributed by atoms with E-state index in [9.17, 15) is 17.2 Å². The Labute approximate surface area is 92.9 Å². The van der Waals surface area contributed by atoms with Crippen LogP contribution in [-0.2, 0) is 10.1 Å². The van der Waals surface area contributed by atoms with Crippen LogP contribution in [0.5, 0.6) is 0 Å². The molecule has 1 aromatic carbocycles. The van der Waals surface area contributed by atoms with Gasteiger partial charge in [0.1, 0.15) is 4.90 Å². The summed E-state index contributed by atoms with van der Waals surface area (Å²) in [4.78, 5) is -1.03. The predicted molar refractivity (Wildman–Crippen MR) is 54.9 cm³/mol. The molecule has 0 bridgehead atoms. The molecular formula is C10H12F2O3S. The highest BCUT2D eigenvalue weighted by Gasteiger charge is 2.23. The highest BCUT2D eigenvalue weighted by Crippen LogP contribution is 2.27. The summed E-state index contributed by atoms with van der Waals surface area (Å²) in [7, 11) is -4.72. The summed E-state index contributed by atoms with van der Waals surface area (Å²) >= 11 is 0. The van der Waals surface area contributed by atoms with E-state index >= 15 is 0 Å². The maximum Gasteiger partial charge on any atom is 0.297 e. The Morgan fingerprint density at radius 1 is 1.31 bits per heavy atom. The molecule has 0 aliphatic carbocycles. The third-order valence-corrected chi connectivity index (χ3v) is 3.37. The van der Waals surface area contributed by atoms with Gasteiger partial charge < -0.3 is 0 Å². The van der Waals surface area contributed by atoms with Crippen molar-refractivity contribution in [3.8, 4) is 0 Å². The summed E-state index contributed by atoms with van der Waals surface area (Å²) in [5.74, 6) is -2.96. The molecule has 3 nitrogen and oxygen atoms in total. The highest BCUT2D eigenvalue weighted by atomic mass is 32.2. The lowest BCUT2D eigenvalue weighted by Crippen LogP contribution is -2.07. The van der Waals surface area contributed by atoms with E-state index in [0.29, 0.717) is 6.42 Å². The van der Waals surface area contributed by atoms with Crippen LogP contribution >= 0.6 is 0 Å². The minimum atomic E-state index is -4.72. The molecule has 0 saturated heterocycles. The molecule has 1 N–H and O–H groups in total. The van der Waals surface area contributed by atoms with Crippen LogP contribution in [-0.4, -0.2) is 13.0 Å². The summed E-state index contributed by atoms with van der Waals surface area (Å²) < 4.78 is 56.9. The van der Waals surface area contributed by atoms with Crippen molar-refractivity contribution in [1.29, 1.82) is 0 Å². The van der Waals surface area contributed by atoms with Gasteiger partial charge in [-0.15, -0.1) is 0 Å². The Morgan fingerprint density at radius 2 is 1.88 bits per heavy atom. The van der Waals surface area contributed by atoms with Crippen LogP contribution in [0.4, 0.5) is 8.78 Å². The lowest BCUT2D eigenvalue weighted by Gasteiger charge is -2.11. The van der Waals surface area contributed by atoms with Crippen LogP contribution in [0.2, 0.25) is 0 Å². The first kappa shape index (κ1) is 13.1. The quantitative estimate of drug-likeness (QED) is 0.839. The van der Waals surface area contributed by atoms with Crippen molar-refractivity contribution in [2.24, 2.45) is 0 Å². The van der Waals surface area contributed by atoms with Crippen LogP contribution in [0.15, 0.2) is 17.0 Å². The van der Waals surface area contributed by atoms with Gasteiger partial charge in [0.2, 0.25) is 0 Å². The lowest BCUT2D eigenvalue weighted by molar-refractivity contribution is 0.446. The Kier molecular flexibility index (Phi) is 3.64. The molecule has 1 unspecified atom stereocenters. The maximum absolute atomic E-state index is 13.5. The van der Waals surface area contributed by atoms with Gasteiger partial charge in [-0.25, -0.2) is 8.78 Å². The van der Waals surface area contributed by atoms with E-state index in [1.165, 1.54) is 6.07 Å². The van der Waals surface area contributed by atoms with Crippen LogP contribution in [0, 0.1) is 11.6 Å². The summed E-state index contributed by atoms with van der Waals surface area (Å²) in [6.07, 6.45) is 0.599. The molecule has 0 saturated carbocycles. The third kappa shape index (κ3) is 2.38. The van der Waals surface area contributed by atoms with Gasteiger partial charge in [-0.3, -0.25) is 4.55 Å². The maximum atomic E-state index is 13.5. The SMILES string of the molecule is CCC(C)c1ccc(S(=O)(=O)O)c(F)c1F. The first-order chi connectivity index (χ1) is 7.29. The fourth-order valence-corrected chi connectivity index (χ4v) is 1.90. The average Bonchev–Trinajstić information content (AvgIpc) is 2.19. The Balaban J connectivity index is 3.41. The van der Waals surface area contributed by atoms with Crippen molar-refractivity contribution in [2.75, 3.05) is 0 Å². The van der Waals surface area contributed by atoms with Gasteiger partial charge in [0, 0.05) is 0 Å². The molecule has 6 heteroatoms. The first-order valence-corrected chi connectivity index (χ1v) is 6.18. The molecule has 1 atom stereocenters. The van der Waals surface area contributed by atoms with Crippen LogP contribution in [0.25, 0.3) is 0 Å². The molecule has 0 radical (unpaired) electrons. The summed E-state index contributed by atoms with van der Waals surface area (Å²) in [6.45, 7) is 3.50. The van der Waals surface area contributed by atoms with Crippen molar-refractivity contribution in [1.82, 2.24) is 0 Å². The second kappa shape index (κ2) is 4.47. The zero-order valence-corrected chi connectivity index (χ0v) is 9.68. The Hall–Kier alpha value is -1.01. The van der Waals surface area contributed by atoms with Gasteiger partial charge in [0.05, 0.1) is 0 Å². The van der Waals surface area contributed by atoms with Crippen molar-refractivity contribution < 1.29 is 21.8 Å². The van der Waals surface area contributed by atoms with Crippen molar-refractivity contribution in [3.63, 3.8) is 0 Å². The van der Waals surface area contributed by atoms with Crippen LogP contribution in [0.3, 0.4) is 0 Å². The van der Waals surface area contributed by atoms with Gasteiger partial charge >= 0.3 is 0 Å². The standard InChI is InChI=1S/C10H12F2O3S/c1-3-6(2)7-4-5-8(16(13,14)15)10(12)9(7)11/h4-6H,3H2,1-2H3,(H,13,14,15). The smallest absolute Gasteiger partial charge is 0.282 e. The predicted octanol–water partition coefficient (Wildman–Crippen LogP) is 2.73. The molecule has 1 aromatic rings. The van der Waals surface area contributed by atoms with E-state index in [1.807, 2.05) is 0 Å². The molecule has 0 fully saturated rings. The minimum absolute atomic E-state index is 0.104. The molecule has 16 heavy (non-hydrogen) atoms. The van der Waals surface area contributed by atoms with Crippen molar-refractivity contribution in [3.05, 3.63) is 29.3 Å². The zero-order valence-electron chi connectivity index (χ0n) is 8.87. The van der Waals surface area contributed by atoms with Gasteiger partial charge in [-0.2, -0.15) is 8.42 Å². The number of hydrogen-bond donors (Lipinski definition) is 1. The largest absolute Gasteiger partial charge is 0.297 e. The first-order valence-electron chi connectivity index (χ1n) is 4.74. The molecule has 0 aliphatic rings. The van der Waals surface area contributed by atoms with E-state index in [-0.39, 0.29) is 11.5 Å². The monoisotopic (exact) mass is 250 g/mol. The molecule has 0 aliphatic heterocycles. The van der Waals surface area contributed by atoms with E-state index < -0.39 is 26.6 Å². The normalized spacial score (nSPS) is 13.8. The van der Waals surface area contributed by atoms with Crippen molar-refractivity contribution in [2.45, 2.75) is 31.1 Å². The number of hydrogen-bond acceptors (Lipinski definition) is 2. The van der Waals surface area contributed by atoms with Gasteiger partial charge in [-0.05, 0) is 24.0 Å². The molecular weight excluding hydrogens is 238 g/mol. The average molecular weight is 250 g/mol. The highest BCUT2D eigenvalue weighted by molar-refractivity contribution is 7.85. The molecule has 0 amide bonds. The number of halogens is 2. The van der Waals surface area contributed by atoms with E-state index in [1.54, 1.807) is 13.8 Å². The molecule has 0 aromatic heterocycles.